The lowest BCUT2D eigenvalue weighted by atomic mass is 10.1. The van der Waals surface area contributed by atoms with E-state index in [4.69, 9.17) is 14.2 Å². The summed E-state index contributed by atoms with van der Waals surface area (Å²) in [5.74, 6) is 0.940. The zero-order valence-corrected chi connectivity index (χ0v) is 22.1. The Labute approximate surface area is 211 Å². The second-order valence-corrected chi connectivity index (χ2v) is 9.60. The Morgan fingerprint density at radius 2 is 1.74 bits per heavy atom. The summed E-state index contributed by atoms with van der Waals surface area (Å²) in [5, 5.41) is 2.91. The molecule has 0 spiro atoms. The molecule has 0 aliphatic carbocycles. The van der Waals surface area contributed by atoms with E-state index in [1.54, 1.807) is 19.0 Å². The first-order chi connectivity index (χ1) is 16.9. The van der Waals surface area contributed by atoms with Crippen LogP contribution >= 0.6 is 0 Å². The van der Waals surface area contributed by atoms with Gasteiger partial charge in [-0.25, -0.2) is 0 Å². The van der Waals surface area contributed by atoms with E-state index in [-0.39, 0.29) is 25.0 Å². The van der Waals surface area contributed by atoms with Crippen LogP contribution in [-0.2, 0) is 14.3 Å². The molecular weight excluding hydrogens is 446 g/mol. The number of carbonyl (C=O) groups excluding carboxylic acids is 2. The number of esters is 1. The Balaban J connectivity index is 0.000000625. The fourth-order valence-corrected chi connectivity index (χ4v) is 4.00. The van der Waals surface area contributed by atoms with Crippen molar-refractivity contribution in [1.82, 2.24) is 15.1 Å². The Morgan fingerprint density at radius 1 is 1.06 bits per heavy atom. The molecule has 35 heavy (non-hydrogen) atoms. The zero-order valence-electron chi connectivity index (χ0n) is 22.1. The average molecular weight is 492 g/mol. The minimum absolute atomic E-state index is 0.0206. The highest BCUT2D eigenvalue weighted by Crippen LogP contribution is 2.33. The molecule has 1 N–H and O–H groups in total. The summed E-state index contributed by atoms with van der Waals surface area (Å²) in [4.78, 5) is 28.5. The molecule has 1 saturated heterocycles. The molecule has 1 aromatic carbocycles. The van der Waals surface area contributed by atoms with Crippen LogP contribution in [0.2, 0.25) is 0 Å². The number of hydrogen-bond acceptors (Lipinski definition) is 7. The fraction of sp³-hybridized carbons (Fsp3) is 0.704. The standard InChI is InChI=1S/C22H34N2O5.C5H11N/c1-4-5-6-7-8-9-21(25)23-15-20(29-22(26)16-24(2)3)17-10-11-18-19(14-17)28-13-12-27-18;1-6-4-2-3-5-6/h10-11,14,20H,4-9,12-13,15-16H2,1-3H3,(H,23,25);2-5H2,1H3. The first kappa shape index (κ1) is 28.9. The van der Waals surface area contributed by atoms with Gasteiger partial charge in [-0.05, 0) is 71.2 Å². The van der Waals surface area contributed by atoms with E-state index >= 15 is 0 Å². The Kier molecular flexibility index (Phi) is 13.5. The number of benzene rings is 1. The van der Waals surface area contributed by atoms with Crippen molar-refractivity contribution >= 4 is 11.9 Å². The van der Waals surface area contributed by atoms with Crippen molar-refractivity contribution in [1.29, 1.82) is 0 Å². The molecule has 0 saturated carbocycles. The van der Waals surface area contributed by atoms with E-state index in [1.165, 1.54) is 38.8 Å². The van der Waals surface area contributed by atoms with Gasteiger partial charge >= 0.3 is 5.97 Å². The molecular formula is C27H45N3O5. The van der Waals surface area contributed by atoms with Crippen LogP contribution in [0.3, 0.4) is 0 Å². The average Bonchev–Trinajstić information content (AvgIpc) is 3.32. The van der Waals surface area contributed by atoms with Crippen molar-refractivity contribution in [2.75, 3.05) is 60.5 Å². The number of amides is 1. The van der Waals surface area contributed by atoms with Gasteiger partial charge in [-0.3, -0.25) is 14.5 Å². The maximum atomic E-state index is 12.2. The summed E-state index contributed by atoms with van der Waals surface area (Å²) in [6.45, 7) is 6.21. The van der Waals surface area contributed by atoms with Crippen LogP contribution in [0, 0.1) is 0 Å². The van der Waals surface area contributed by atoms with Crippen molar-refractivity contribution in [2.45, 2.75) is 64.4 Å². The lowest BCUT2D eigenvalue weighted by molar-refractivity contribution is -0.150. The molecule has 8 nitrogen and oxygen atoms in total. The van der Waals surface area contributed by atoms with Crippen molar-refractivity contribution in [3.05, 3.63) is 23.8 Å². The lowest BCUT2D eigenvalue weighted by Crippen LogP contribution is -2.32. The van der Waals surface area contributed by atoms with Gasteiger partial charge in [-0.2, -0.15) is 0 Å². The third kappa shape index (κ3) is 11.8. The minimum atomic E-state index is -0.581. The molecule has 1 aromatic rings. The van der Waals surface area contributed by atoms with Gasteiger partial charge in [0.05, 0.1) is 13.1 Å². The van der Waals surface area contributed by atoms with Crippen LogP contribution < -0.4 is 14.8 Å². The van der Waals surface area contributed by atoms with E-state index in [9.17, 15) is 9.59 Å². The molecule has 2 aliphatic rings. The number of likely N-dealkylation sites (tertiary alicyclic amines) is 1. The van der Waals surface area contributed by atoms with Crippen molar-refractivity contribution in [3.63, 3.8) is 0 Å². The summed E-state index contributed by atoms with van der Waals surface area (Å²) in [7, 11) is 5.79. The molecule has 1 atom stereocenters. The third-order valence-electron chi connectivity index (χ3n) is 5.98. The summed E-state index contributed by atoms with van der Waals surface area (Å²) in [6.07, 6.45) is 8.22. The van der Waals surface area contributed by atoms with Gasteiger partial charge in [0.15, 0.2) is 11.5 Å². The third-order valence-corrected chi connectivity index (χ3v) is 5.98. The second kappa shape index (κ2) is 16.4. The number of nitrogens with one attached hydrogen (secondary N) is 1. The number of carbonyl (C=O) groups is 2. The first-order valence-corrected chi connectivity index (χ1v) is 13.1. The smallest absolute Gasteiger partial charge is 0.320 e. The van der Waals surface area contributed by atoms with Crippen LogP contribution in [0.5, 0.6) is 11.5 Å². The summed E-state index contributed by atoms with van der Waals surface area (Å²) in [5.41, 5.74) is 0.768. The SMILES string of the molecule is CCCCCCCC(=O)NCC(OC(=O)CN(C)C)c1ccc2c(c1)OCCO2.CN1CCCC1. The monoisotopic (exact) mass is 491 g/mol. The summed E-state index contributed by atoms with van der Waals surface area (Å²) < 4.78 is 16.8. The number of nitrogens with zero attached hydrogens (tertiary/aromatic N) is 2. The Bertz CT molecular complexity index is 765. The van der Waals surface area contributed by atoms with Gasteiger partial charge in [0.1, 0.15) is 19.3 Å². The quantitative estimate of drug-likeness (QED) is 0.352. The highest BCUT2D eigenvalue weighted by atomic mass is 16.6. The van der Waals surface area contributed by atoms with Crippen LogP contribution in [-0.4, -0.2) is 82.2 Å². The molecule has 0 radical (unpaired) electrons. The summed E-state index contributed by atoms with van der Waals surface area (Å²) in [6, 6.07) is 5.48. The molecule has 1 unspecified atom stereocenters. The van der Waals surface area contributed by atoms with E-state index in [0.29, 0.717) is 31.1 Å². The lowest BCUT2D eigenvalue weighted by Gasteiger charge is -2.23. The number of hydrogen-bond donors (Lipinski definition) is 1. The van der Waals surface area contributed by atoms with Crippen molar-refractivity contribution in [2.24, 2.45) is 0 Å². The molecule has 2 heterocycles. The number of fused-ring (bicyclic) bond motifs is 1. The van der Waals surface area contributed by atoms with Gasteiger partial charge in [0.25, 0.3) is 0 Å². The molecule has 8 heteroatoms. The van der Waals surface area contributed by atoms with E-state index in [0.717, 1.165) is 24.8 Å². The molecule has 0 bridgehead atoms. The van der Waals surface area contributed by atoms with Gasteiger partial charge in [0, 0.05) is 6.42 Å². The normalized spacial score (nSPS) is 15.8. The maximum Gasteiger partial charge on any atom is 0.320 e. The van der Waals surface area contributed by atoms with E-state index in [1.807, 2.05) is 18.2 Å². The fourth-order valence-electron chi connectivity index (χ4n) is 4.00. The molecule has 3 rings (SSSR count). The Hall–Kier alpha value is -2.32. The van der Waals surface area contributed by atoms with E-state index in [2.05, 4.69) is 24.2 Å². The predicted molar refractivity (Wildman–Crippen MR) is 138 cm³/mol. The molecule has 1 fully saturated rings. The van der Waals surface area contributed by atoms with Gasteiger partial charge < -0.3 is 24.4 Å². The van der Waals surface area contributed by atoms with Crippen LogP contribution in [0.15, 0.2) is 18.2 Å². The molecule has 2 aliphatic heterocycles. The minimum Gasteiger partial charge on any atom is -0.486 e. The number of rotatable bonds is 12. The summed E-state index contributed by atoms with van der Waals surface area (Å²) >= 11 is 0. The van der Waals surface area contributed by atoms with Gasteiger partial charge in [-0.15, -0.1) is 0 Å². The number of ether oxygens (including phenoxy) is 3. The zero-order chi connectivity index (χ0) is 25.5. The topological polar surface area (TPSA) is 80.3 Å². The highest BCUT2D eigenvalue weighted by molar-refractivity contribution is 5.76. The predicted octanol–water partition coefficient (Wildman–Crippen LogP) is 3.79. The Morgan fingerprint density at radius 3 is 2.37 bits per heavy atom. The molecule has 0 aromatic heterocycles. The van der Waals surface area contributed by atoms with Crippen LogP contribution in [0.25, 0.3) is 0 Å². The number of unbranched alkanes of at least 4 members (excludes halogenated alkanes) is 4. The molecule has 198 valence electrons. The first-order valence-electron chi connectivity index (χ1n) is 13.1. The number of likely N-dealkylation sites (N-methyl/N-ethyl adjacent to an activating group) is 1. The molecule has 1 amide bonds. The van der Waals surface area contributed by atoms with Crippen LogP contribution in [0.1, 0.15) is 70.0 Å². The van der Waals surface area contributed by atoms with Gasteiger partial charge in [-0.1, -0.05) is 38.7 Å². The highest BCUT2D eigenvalue weighted by Gasteiger charge is 2.21. The largest absolute Gasteiger partial charge is 0.486 e. The second-order valence-electron chi connectivity index (χ2n) is 9.60. The van der Waals surface area contributed by atoms with Gasteiger partial charge in [0.2, 0.25) is 5.91 Å². The maximum absolute atomic E-state index is 12.2. The van der Waals surface area contributed by atoms with E-state index < -0.39 is 6.10 Å². The van der Waals surface area contributed by atoms with Crippen LogP contribution in [0.4, 0.5) is 0 Å². The van der Waals surface area contributed by atoms with Crippen molar-refractivity contribution in [3.8, 4) is 11.5 Å². The van der Waals surface area contributed by atoms with Crippen molar-refractivity contribution < 1.29 is 23.8 Å².